The minimum absolute atomic E-state index is 0.570. The average Bonchev–Trinajstić information content (AvgIpc) is 2.45. The second-order valence-electron chi connectivity index (χ2n) is 4.58. The molecule has 5 heteroatoms. The highest BCUT2D eigenvalue weighted by molar-refractivity contribution is 6.36. The van der Waals surface area contributed by atoms with Crippen LogP contribution in [0.25, 0.3) is 0 Å². The van der Waals surface area contributed by atoms with Gasteiger partial charge in [-0.2, -0.15) is 0 Å². The van der Waals surface area contributed by atoms with Gasteiger partial charge in [-0.3, -0.25) is 0 Å². The molecule has 0 unspecified atom stereocenters. The Morgan fingerprint density at radius 2 is 1.71 bits per heavy atom. The van der Waals surface area contributed by atoms with Crippen molar-refractivity contribution in [2.45, 2.75) is 19.9 Å². The third kappa shape index (κ3) is 4.70. The summed E-state index contributed by atoms with van der Waals surface area (Å²) < 4.78 is 5.73. The summed E-state index contributed by atoms with van der Waals surface area (Å²) >= 11 is 18.1. The van der Waals surface area contributed by atoms with Crippen molar-refractivity contribution in [3.63, 3.8) is 0 Å². The summed E-state index contributed by atoms with van der Waals surface area (Å²) in [5, 5.41) is 5.15. The predicted molar refractivity (Wildman–Crippen MR) is 91.0 cm³/mol. The third-order valence-electron chi connectivity index (χ3n) is 2.88. The van der Waals surface area contributed by atoms with E-state index < -0.39 is 0 Å². The van der Waals surface area contributed by atoms with Gasteiger partial charge in [-0.1, -0.05) is 41.7 Å². The Bertz CT molecular complexity index is 616. The van der Waals surface area contributed by atoms with E-state index >= 15 is 0 Å². The van der Waals surface area contributed by atoms with E-state index in [1.807, 2.05) is 24.3 Å². The highest BCUT2D eigenvalue weighted by Crippen LogP contribution is 2.28. The van der Waals surface area contributed by atoms with E-state index in [1.165, 1.54) is 0 Å². The molecule has 0 fully saturated rings. The Kier molecular flexibility index (Phi) is 6.04. The third-order valence-corrected chi connectivity index (χ3v) is 3.67. The molecule has 112 valence electrons. The van der Waals surface area contributed by atoms with Gasteiger partial charge < -0.3 is 10.1 Å². The van der Waals surface area contributed by atoms with Crippen LogP contribution in [0.4, 0.5) is 5.69 Å². The van der Waals surface area contributed by atoms with Gasteiger partial charge in [0.25, 0.3) is 0 Å². The van der Waals surface area contributed by atoms with E-state index in [2.05, 4.69) is 12.2 Å². The van der Waals surface area contributed by atoms with Crippen LogP contribution in [0.5, 0.6) is 5.75 Å². The smallest absolute Gasteiger partial charge is 0.124 e. The van der Waals surface area contributed by atoms with Crippen LogP contribution in [0.15, 0.2) is 36.4 Å². The number of hydrogen-bond donors (Lipinski definition) is 1. The van der Waals surface area contributed by atoms with Crippen LogP contribution in [-0.4, -0.2) is 6.61 Å². The normalized spacial score (nSPS) is 10.5. The molecular formula is C16H16Cl3NO. The summed E-state index contributed by atoms with van der Waals surface area (Å²) in [6.45, 7) is 3.32. The first-order valence-corrected chi connectivity index (χ1v) is 7.83. The molecule has 0 spiro atoms. The quantitative estimate of drug-likeness (QED) is 0.689. The van der Waals surface area contributed by atoms with Gasteiger partial charge in [-0.15, -0.1) is 0 Å². The molecule has 2 rings (SSSR count). The first-order chi connectivity index (χ1) is 10.1. The van der Waals surface area contributed by atoms with Crippen molar-refractivity contribution >= 4 is 40.5 Å². The number of benzene rings is 2. The second-order valence-corrected chi connectivity index (χ2v) is 5.86. The fraction of sp³-hybridized carbons (Fsp3) is 0.250. The van der Waals surface area contributed by atoms with Crippen molar-refractivity contribution in [1.29, 1.82) is 0 Å². The maximum atomic E-state index is 6.15. The fourth-order valence-corrected chi connectivity index (χ4v) is 2.53. The van der Waals surface area contributed by atoms with E-state index in [-0.39, 0.29) is 0 Å². The van der Waals surface area contributed by atoms with Gasteiger partial charge in [0.15, 0.2) is 0 Å². The molecule has 0 saturated heterocycles. The van der Waals surface area contributed by atoms with Gasteiger partial charge in [0, 0.05) is 22.2 Å². The zero-order valence-corrected chi connectivity index (χ0v) is 13.9. The largest absolute Gasteiger partial charge is 0.493 e. The van der Waals surface area contributed by atoms with Crippen LogP contribution in [0.2, 0.25) is 15.1 Å². The van der Waals surface area contributed by atoms with E-state index in [0.717, 1.165) is 23.4 Å². The van der Waals surface area contributed by atoms with Crippen LogP contribution < -0.4 is 10.1 Å². The lowest BCUT2D eigenvalue weighted by Crippen LogP contribution is -2.04. The summed E-state index contributed by atoms with van der Waals surface area (Å²) in [6.07, 6.45) is 0.957. The zero-order valence-electron chi connectivity index (χ0n) is 11.6. The minimum atomic E-state index is 0.570. The molecule has 0 aromatic heterocycles. The van der Waals surface area contributed by atoms with Crippen molar-refractivity contribution in [1.82, 2.24) is 0 Å². The first kappa shape index (κ1) is 16.3. The lowest BCUT2D eigenvalue weighted by Gasteiger charge is -2.13. The van der Waals surface area contributed by atoms with Gasteiger partial charge in [0.2, 0.25) is 0 Å². The van der Waals surface area contributed by atoms with E-state index in [0.29, 0.717) is 28.2 Å². The van der Waals surface area contributed by atoms with Crippen molar-refractivity contribution in [2.75, 3.05) is 11.9 Å². The maximum Gasteiger partial charge on any atom is 0.124 e. The number of ether oxygens (including phenoxy) is 1. The second kappa shape index (κ2) is 7.79. The first-order valence-electron chi connectivity index (χ1n) is 6.70. The number of rotatable bonds is 6. The molecule has 0 bridgehead atoms. The minimum Gasteiger partial charge on any atom is -0.493 e. The number of halogens is 3. The van der Waals surface area contributed by atoms with Crippen LogP contribution in [0, 0.1) is 0 Å². The van der Waals surface area contributed by atoms with Gasteiger partial charge in [-0.05, 0) is 42.8 Å². The molecule has 2 aromatic carbocycles. The molecular weight excluding hydrogens is 329 g/mol. The molecule has 1 N–H and O–H groups in total. The summed E-state index contributed by atoms with van der Waals surface area (Å²) in [6, 6.07) is 11.0. The van der Waals surface area contributed by atoms with Gasteiger partial charge in [0.05, 0.1) is 17.3 Å². The van der Waals surface area contributed by atoms with Crippen LogP contribution >= 0.6 is 34.8 Å². The lowest BCUT2D eigenvalue weighted by molar-refractivity contribution is 0.314. The van der Waals surface area contributed by atoms with Crippen molar-refractivity contribution in [3.05, 3.63) is 57.0 Å². The molecule has 0 aliphatic carbocycles. The van der Waals surface area contributed by atoms with Crippen molar-refractivity contribution < 1.29 is 4.74 Å². The Labute approximate surface area is 140 Å². The van der Waals surface area contributed by atoms with Crippen LogP contribution in [0.3, 0.4) is 0 Å². The highest BCUT2D eigenvalue weighted by Gasteiger charge is 2.07. The molecule has 0 aliphatic rings. The standard InChI is InChI=1S/C16H16Cl3NO/c1-2-7-21-16-6-4-12(17)8-11(16)10-20-15-5-3-13(18)9-14(15)19/h3-6,8-9,20H,2,7,10H2,1H3. The average molecular weight is 345 g/mol. The molecule has 0 heterocycles. The van der Waals surface area contributed by atoms with Crippen LogP contribution in [-0.2, 0) is 6.54 Å². The molecule has 2 aromatic rings. The summed E-state index contributed by atoms with van der Waals surface area (Å²) in [5.41, 5.74) is 1.81. The number of hydrogen-bond acceptors (Lipinski definition) is 2. The lowest BCUT2D eigenvalue weighted by atomic mass is 10.2. The van der Waals surface area contributed by atoms with Crippen molar-refractivity contribution in [2.24, 2.45) is 0 Å². The molecule has 0 radical (unpaired) electrons. The SMILES string of the molecule is CCCOc1ccc(Cl)cc1CNc1ccc(Cl)cc1Cl. The predicted octanol–water partition coefficient (Wildman–Crippen LogP) is 6.05. The van der Waals surface area contributed by atoms with Crippen molar-refractivity contribution in [3.8, 4) is 5.75 Å². The Morgan fingerprint density at radius 1 is 1.00 bits per heavy atom. The molecule has 21 heavy (non-hydrogen) atoms. The van der Waals surface area contributed by atoms with E-state index in [4.69, 9.17) is 39.5 Å². The number of nitrogens with one attached hydrogen (secondary N) is 1. The summed E-state index contributed by atoms with van der Waals surface area (Å²) in [7, 11) is 0. The molecule has 0 aliphatic heterocycles. The highest BCUT2D eigenvalue weighted by atomic mass is 35.5. The molecule has 0 atom stereocenters. The number of anilines is 1. The van der Waals surface area contributed by atoms with Gasteiger partial charge in [-0.25, -0.2) is 0 Å². The summed E-state index contributed by atoms with van der Waals surface area (Å²) in [4.78, 5) is 0. The van der Waals surface area contributed by atoms with Gasteiger partial charge in [0.1, 0.15) is 5.75 Å². The topological polar surface area (TPSA) is 21.3 Å². The fourth-order valence-electron chi connectivity index (χ4n) is 1.86. The molecule has 0 amide bonds. The van der Waals surface area contributed by atoms with Gasteiger partial charge >= 0.3 is 0 Å². The monoisotopic (exact) mass is 343 g/mol. The Hall–Kier alpha value is -1.09. The van der Waals surface area contributed by atoms with E-state index in [1.54, 1.807) is 12.1 Å². The molecule has 0 saturated carbocycles. The Balaban J connectivity index is 2.12. The molecule has 2 nitrogen and oxygen atoms in total. The Morgan fingerprint density at radius 3 is 2.43 bits per heavy atom. The van der Waals surface area contributed by atoms with E-state index in [9.17, 15) is 0 Å². The maximum absolute atomic E-state index is 6.15. The zero-order chi connectivity index (χ0) is 15.2. The van der Waals surface area contributed by atoms with Crippen LogP contribution in [0.1, 0.15) is 18.9 Å². The summed E-state index contributed by atoms with van der Waals surface area (Å²) in [5.74, 6) is 0.832.